The van der Waals surface area contributed by atoms with Gasteiger partial charge in [-0.3, -0.25) is 4.79 Å². The van der Waals surface area contributed by atoms with Crippen molar-refractivity contribution in [3.05, 3.63) is 16.3 Å². The van der Waals surface area contributed by atoms with E-state index < -0.39 is 21.5 Å². The van der Waals surface area contributed by atoms with E-state index in [1.165, 1.54) is 18.4 Å². The first kappa shape index (κ1) is 14.0. The Morgan fingerprint density at radius 2 is 2.32 bits per heavy atom. The Labute approximate surface area is 114 Å². The standard InChI is InChI=1S/C11H12N2O4S2/c1-11(10(14)15)4-2-5-13(11)19(16,17)9-3-6-18-8(9)7-12/h3,6H,2,4-5H2,1H3,(H,14,15)/t11-/m0/s1. The van der Waals surface area contributed by atoms with E-state index in [4.69, 9.17) is 5.26 Å². The molecule has 0 aromatic carbocycles. The van der Waals surface area contributed by atoms with Crippen LogP contribution in [-0.2, 0) is 14.8 Å². The van der Waals surface area contributed by atoms with Gasteiger partial charge in [0.15, 0.2) is 0 Å². The summed E-state index contributed by atoms with van der Waals surface area (Å²) in [6.07, 6.45) is 0.766. The Morgan fingerprint density at radius 3 is 2.89 bits per heavy atom. The van der Waals surface area contributed by atoms with E-state index in [-0.39, 0.29) is 22.7 Å². The number of carbonyl (C=O) groups is 1. The van der Waals surface area contributed by atoms with Crippen LogP contribution in [0, 0.1) is 11.3 Å². The number of aliphatic carboxylic acids is 1. The summed E-state index contributed by atoms with van der Waals surface area (Å²) in [5.41, 5.74) is -1.44. The molecule has 8 heteroatoms. The van der Waals surface area contributed by atoms with Gasteiger partial charge in [0.2, 0.25) is 10.0 Å². The molecule has 2 heterocycles. The van der Waals surface area contributed by atoms with E-state index >= 15 is 0 Å². The highest BCUT2D eigenvalue weighted by Gasteiger charge is 2.50. The van der Waals surface area contributed by atoms with Crippen LogP contribution in [0.15, 0.2) is 16.3 Å². The molecule has 2 rings (SSSR count). The molecule has 1 atom stereocenters. The monoisotopic (exact) mass is 300 g/mol. The zero-order valence-electron chi connectivity index (χ0n) is 10.2. The quantitative estimate of drug-likeness (QED) is 0.905. The lowest BCUT2D eigenvalue weighted by molar-refractivity contribution is -0.146. The molecule has 0 unspecified atom stereocenters. The van der Waals surface area contributed by atoms with Crippen LogP contribution in [-0.4, -0.2) is 35.9 Å². The van der Waals surface area contributed by atoms with E-state index in [0.717, 1.165) is 15.6 Å². The lowest BCUT2D eigenvalue weighted by atomic mass is 10.0. The highest BCUT2D eigenvalue weighted by Crippen LogP contribution is 2.36. The van der Waals surface area contributed by atoms with Gasteiger partial charge in [0.05, 0.1) is 0 Å². The lowest BCUT2D eigenvalue weighted by Gasteiger charge is -2.29. The second-order valence-electron chi connectivity index (χ2n) is 4.49. The number of hydrogen-bond acceptors (Lipinski definition) is 5. The molecule has 1 aromatic heterocycles. The zero-order chi connectivity index (χ0) is 14.3. The number of sulfonamides is 1. The lowest BCUT2D eigenvalue weighted by Crippen LogP contribution is -2.50. The first-order valence-electron chi connectivity index (χ1n) is 5.58. The number of nitrogens with zero attached hydrogens (tertiary/aromatic N) is 2. The molecule has 1 saturated heterocycles. The first-order chi connectivity index (χ1) is 8.84. The molecule has 0 saturated carbocycles. The second kappa shape index (κ2) is 4.59. The molecule has 1 aliphatic heterocycles. The molecule has 0 aliphatic carbocycles. The van der Waals surface area contributed by atoms with Crippen molar-refractivity contribution in [3.63, 3.8) is 0 Å². The minimum atomic E-state index is -3.95. The van der Waals surface area contributed by atoms with Gasteiger partial charge in [-0.25, -0.2) is 8.42 Å². The first-order valence-corrected chi connectivity index (χ1v) is 7.90. The van der Waals surface area contributed by atoms with Gasteiger partial charge in [-0.1, -0.05) is 0 Å². The van der Waals surface area contributed by atoms with Gasteiger partial charge in [-0.15, -0.1) is 11.3 Å². The summed E-state index contributed by atoms with van der Waals surface area (Å²) in [6.45, 7) is 1.56. The Hall–Kier alpha value is -1.43. The summed E-state index contributed by atoms with van der Waals surface area (Å²) in [4.78, 5) is 11.3. The molecular weight excluding hydrogens is 288 g/mol. The van der Waals surface area contributed by atoms with E-state index in [0.29, 0.717) is 6.42 Å². The normalized spacial score (nSPS) is 24.2. The summed E-state index contributed by atoms with van der Waals surface area (Å²) < 4.78 is 26.0. The Bertz CT molecular complexity index is 658. The Morgan fingerprint density at radius 1 is 1.63 bits per heavy atom. The van der Waals surface area contributed by atoms with Crippen molar-refractivity contribution >= 4 is 27.3 Å². The van der Waals surface area contributed by atoms with Crippen LogP contribution in [0.4, 0.5) is 0 Å². The fourth-order valence-electron chi connectivity index (χ4n) is 2.24. The highest BCUT2D eigenvalue weighted by atomic mass is 32.2. The molecule has 0 spiro atoms. The summed E-state index contributed by atoms with van der Waals surface area (Å²) in [5.74, 6) is -1.16. The molecule has 0 bridgehead atoms. The van der Waals surface area contributed by atoms with E-state index in [1.807, 2.05) is 6.07 Å². The number of hydrogen-bond donors (Lipinski definition) is 1. The second-order valence-corrected chi connectivity index (χ2v) is 7.23. The van der Waals surface area contributed by atoms with Gasteiger partial charge in [-0.2, -0.15) is 9.57 Å². The van der Waals surface area contributed by atoms with Gasteiger partial charge < -0.3 is 5.11 Å². The maximum Gasteiger partial charge on any atom is 0.324 e. The largest absolute Gasteiger partial charge is 0.480 e. The maximum absolute atomic E-state index is 12.5. The van der Waals surface area contributed by atoms with Gasteiger partial charge in [0, 0.05) is 6.54 Å². The Balaban J connectivity index is 2.52. The van der Waals surface area contributed by atoms with Crippen LogP contribution in [0.2, 0.25) is 0 Å². The summed E-state index contributed by atoms with van der Waals surface area (Å²) in [7, 11) is -3.95. The summed E-state index contributed by atoms with van der Waals surface area (Å²) in [6, 6.07) is 3.17. The molecule has 0 radical (unpaired) electrons. The molecule has 6 nitrogen and oxygen atoms in total. The van der Waals surface area contributed by atoms with Gasteiger partial charge >= 0.3 is 5.97 Å². The molecular formula is C11H12N2O4S2. The van der Waals surface area contributed by atoms with Crippen molar-refractivity contribution in [3.8, 4) is 6.07 Å². The summed E-state index contributed by atoms with van der Waals surface area (Å²) in [5, 5.41) is 19.7. The summed E-state index contributed by atoms with van der Waals surface area (Å²) >= 11 is 1.03. The molecule has 1 aromatic rings. The SMILES string of the molecule is C[C@@]1(C(=O)O)CCCN1S(=O)(=O)c1ccsc1C#N. The van der Waals surface area contributed by atoms with E-state index in [1.54, 1.807) is 0 Å². The van der Waals surface area contributed by atoms with Crippen LogP contribution >= 0.6 is 11.3 Å². The van der Waals surface area contributed by atoms with Crippen molar-refractivity contribution in [2.75, 3.05) is 6.54 Å². The van der Waals surface area contributed by atoms with Crippen LogP contribution in [0.3, 0.4) is 0 Å². The van der Waals surface area contributed by atoms with Crippen molar-refractivity contribution in [1.82, 2.24) is 4.31 Å². The number of nitriles is 1. The minimum Gasteiger partial charge on any atom is -0.480 e. The number of thiophene rings is 1. The average Bonchev–Trinajstić information content (AvgIpc) is 2.95. The van der Waals surface area contributed by atoms with Crippen LogP contribution in [0.1, 0.15) is 24.6 Å². The minimum absolute atomic E-state index is 0.0830. The van der Waals surface area contributed by atoms with E-state index in [2.05, 4.69) is 0 Å². The van der Waals surface area contributed by atoms with Crippen LogP contribution in [0.5, 0.6) is 0 Å². The third-order valence-electron chi connectivity index (χ3n) is 3.33. The van der Waals surface area contributed by atoms with Crippen molar-refractivity contribution < 1.29 is 18.3 Å². The molecule has 1 fully saturated rings. The number of rotatable bonds is 3. The van der Waals surface area contributed by atoms with Crippen molar-refractivity contribution in [2.24, 2.45) is 0 Å². The molecule has 19 heavy (non-hydrogen) atoms. The molecule has 1 aliphatic rings. The molecule has 0 amide bonds. The van der Waals surface area contributed by atoms with Crippen LogP contribution < -0.4 is 0 Å². The maximum atomic E-state index is 12.5. The van der Waals surface area contributed by atoms with Gasteiger partial charge in [0.1, 0.15) is 21.4 Å². The van der Waals surface area contributed by atoms with Crippen LogP contribution in [0.25, 0.3) is 0 Å². The number of carboxylic acid groups (broad SMARTS) is 1. The smallest absolute Gasteiger partial charge is 0.324 e. The Kier molecular flexibility index (Phi) is 3.38. The van der Waals surface area contributed by atoms with Gasteiger partial charge in [0.25, 0.3) is 0 Å². The van der Waals surface area contributed by atoms with Gasteiger partial charge in [-0.05, 0) is 31.2 Å². The highest BCUT2D eigenvalue weighted by molar-refractivity contribution is 7.89. The van der Waals surface area contributed by atoms with E-state index in [9.17, 15) is 18.3 Å². The topological polar surface area (TPSA) is 98.5 Å². The van der Waals surface area contributed by atoms with Crippen molar-refractivity contribution in [1.29, 1.82) is 5.26 Å². The zero-order valence-corrected chi connectivity index (χ0v) is 11.8. The fraction of sp³-hybridized carbons (Fsp3) is 0.455. The fourth-order valence-corrected chi connectivity index (χ4v) is 5.19. The third-order valence-corrected chi connectivity index (χ3v) is 6.34. The average molecular weight is 300 g/mol. The predicted octanol–water partition coefficient (Wildman–Crippen LogP) is 1.25. The molecule has 102 valence electrons. The number of carboxylic acids is 1. The predicted molar refractivity (Wildman–Crippen MR) is 68.2 cm³/mol. The molecule has 1 N–H and O–H groups in total. The third kappa shape index (κ3) is 2.04. The van der Waals surface area contributed by atoms with Crippen molar-refractivity contribution in [2.45, 2.75) is 30.2 Å².